The zero-order valence-electron chi connectivity index (χ0n) is 24.0. The normalized spacial score (nSPS) is 12.0. The molecule has 4 heteroatoms. The summed E-state index contributed by atoms with van der Waals surface area (Å²) in [5.41, 5.74) is 2.14. The minimum absolute atomic E-state index is 0.0717. The summed E-state index contributed by atoms with van der Waals surface area (Å²) in [6.07, 6.45) is 26.9. The quantitative estimate of drug-likeness (QED) is 0.0956. The highest BCUT2D eigenvalue weighted by Gasteiger charge is 2.15. The molecule has 206 valence electrons. The van der Waals surface area contributed by atoms with Crippen LogP contribution in [0.2, 0.25) is 0 Å². The molecule has 1 aromatic carbocycles. The summed E-state index contributed by atoms with van der Waals surface area (Å²) in [7, 11) is 0. The maximum Gasteiger partial charge on any atom is 0.314 e. The summed E-state index contributed by atoms with van der Waals surface area (Å²) in [6, 6.07) is 7.52. The lowest BCUT2D eigenvalue weighted by molar-refractivity contribution is -0.138. The molecule has 0 spiro atoms. The lowest BCUT2D eigenvalue weighted by Crippen LogP contribution is -2.17. The van der Waals surface area contributed by atoms with Gasteiger partial charge < -0.3 is 4.74 Å². The number of benzene rings is 1. The third kappa shape index (κ3) is 13.8. The van der Waals surface area contributed by atoms with E-state index < -0.39 is 0 Å². The van der Waals surface area contributed by atoms with Gasteiger partial charge in [-0.05, 0) is 49.1 Å². The number of nitrogens with zero attached hydrogens (tertiary/aromatic N) is 2. The Morgan fingerprint density at radius 3 is 1.73 bits per heavy atom. The van der Waals surface area contributed by atoms with E-state index in [2.05, 4.69) is 23.8 Å². The molecule has 0 aliphatic carbocycles. The molecule has 0 amide bonds. The summed E-state index contributed by atoms with van der Waals surface area (Å²) >= 11 is 0. The van der Waals surface area contributed by atoms with Crippen LogP contribution < -0.4 is 4.74 Å². The van der Waals surface area contributed by atoms with E-state index in [1.165, 1.54) is 102 Å². The lowest BCUT2D eigenvalue weighted by atomic mass is 10.0. The number of aromatic nitrogens is 2. The number of aryl methyl sites for hydroxylation is 1. The van der Waals surface area contributed by atoms with Gasteiger partial charge in [-0.2, -0.15) is 0 Å². The van der Waals surface area contributed by atoms with Crippen LogP contribution in [-0.4, -0.2) is 15.9 Å². The fraction of sp³-hybridized carbons (Fsp3) is 0.667. The first-order chi connectivity index (χ1) is 18.1. The van der Waals surface area contributed by atoms with Gasteiger partial charge in [-0.15, -0.1) is 0 Å². The van der Waals surface area contributed by atoms with Gasteiger partial charge in [0, 0.05) is 18.0 Å². The molecule has 0 aliphatic rings. The third-order valence-electron chi connectivity index (χ3n) is 7.25. The van der Waals surface area contributed by atoms with E-state index in [9.17, 15) is 4.79 Å². The van der Waals surface area contributed by atoms with Crippen LogP contribution in [0.15, 0.2) is 36.7 Å². The van der Waals surface area contributed by atoms with Gasteiger partial charge in [-0.3, -0.25) is 4.79 Å². The Hall–Kier alpha value is -2.23. The van der Waals surface area contributed by atoms with Crippen LogP contribution in [0.5, 0.6) is 5.75 Å². The minimum Gasteiger partial charge on any atom is -0.426 e. The molecule has 0 aliphatic heterocycles. The minimum atomic E-state index is -0.150. The van der Waals surface area contributed by atoms with Crippen molar-refractivity contribution in [2.24, 2.45) is 5.92 Å². The SMILES string of the molecule is CCCCCCCCCCCCCCc1cnc(-c2ccc(OC(=O)[C@@H](C)CCCCCC)cc2)nc1. The predicted molar refractivity (Wildman–Crippen MR) is 156 cm³/mol. The maximum atomic E-state index is 12.3. The largest absolute Gasteiger partial charge is 0.426 e. The number of hydrogen-bond donors (Lipinski definition) is 0. The van der Waals surface area contributed by atoms with Crippen molar-refractivity contribution in [2.75, 3.05) is 0 Å². The molecular formula is C33H52N2O2. The maximum absolute atomic E-state index is 12.3. The number of carbonyl (C=O) groups excluding carboxylic acids is 1. The molecule has 0 bridgehead atoms. The Bertz CT molecular complexity index is 832. The Morgan fingerprint density at radius 1 is 0.703 bits per heavy atom. The first kappa shape index (κ1) is 31.0. The van der Waals surface area contributed by atoms with Gasteiger partial charge >= 0.3 is 5.97 Å². The van der Waals surface area contributed by atoms with E-state index in [1.807, 2.05) is 43.6 Å². The average Bonchev–Trinajstić information content (AvgIpc) is 2.92. The second kappa shape index (κ2) is 19.8. The van der Waals surface area contributed by atoms with Gasteiger partial charge in [0.2, 0.25) is 0 Å². The van der Waals surface area contributed by atoms with Crippen molar-refractivity contribution >= 4 is 5.97 Å². The molecule has 0 N–H and O–H groups in total. The topological polar surface area (TPSA) is 52.1 Å². The van der Waals surface area contributed by atoms with Gasteiger partial charge in [-0.25, -0.2) is 9.97 Å². The van der Waals surface area contributed by atoms with Crippen molar-refractivity contribution in [1.29, 1.82) is 0 Å². The van der Waals surface area contributed by atoms with Crippen LogP contribution in [-0.2, 0) is 11.2 Å². The van der Waals surface area contributed by atoms with Crippen LogP contribution >= 0.6 is 0 Å². The zero-order chi connectivity index (χ0) is 26.6. The van der Waals surface area contributed by atoms with E-state index in [-0.39, 0.29) is 11.9 Å². The molecule has 0 saturated carbocycles. The molecule has 0 saturated heterocycles. The van der Waals surface area contributed by atoms with Crippen LogP contribution in [0.1, 0.15) is 135 Å². The van der Waals surface area contributed by atoms with E-state index in [0.29, 0.717) is 11.6 Å². The number of hydrogen-bond acceptors (Lipinski definition) is 4. The first-order valence-corrected chi connectivity index (χ1v) is 15.3. The third-order valence-corrected chi connectivity index (χ3v) is 7.25. The van der Waals surface area contributed by atoms with E-state index >= 15 is 0 Å². The standard InChI is InChI=1S/C33H52N2O2/c1-4-6-8-10-11-12-13-14-15-16-17-19-21-29-26-34-32(35-27-29)30-22-24-31(25-23-30)37-33(36)28(3)20-18-9-7-5-2/h22-28H,4-21H2,1-3H3/t28-/m0/s1. The predicted octanol–water partition coefficient (Wildman–Crippen LogP) is 9.90. The van der Waals surface area contributed by atoms with Gasteiger partial charge in [0.1, 0.15) is 5.75 Å². The lowest BCUT2D eigenvalue weighted by Gasteiger charge is -2.11. The van der Waals surface area contributed by atoms with Gasteiger partial charge in [0.05, 0.1) is 5.92 Å². The number of carbonyl (C=O) groups is 1. The first-order valence-electron chi connectivity index (χ1n) is 15.3. The molecule has 1 heterocycles. The number of rotatable bonds is 21. The fourth-order valence-corrected chi connectivity index (χ4v) is 4.69. The van der Waals surface area contributed by atoms with Gasteiger partial charge in [0.15, 0.2) is 5.82 Å². The second-order valence-corrected chi connectivity index (χ2v) is 10.7. The highest BCUT2D eigenvalue weighted by atomic mass is 16.5. The summed E-state index contributed by atoms with van der Waals surface area (Å²) < 4.78 is 5.57. The van der Waals surface area contributed by atoms with Crippen LogP contribution in [0, 0.1) is 5.92 Å². The monoisotopic (exact) mass is 508 g/mol. The van der Waals surface area contributed by atoms with E-state index in [1.54, 1.807) is 0 Å². The van der Waals surface area contributed by atoms with Crippen LogP contribution in [0.4, 0.5) is 0 Å². The Kier molecular flexibility index (Phi) is 16.6. The summed E-state index contributed by atoms with van der Waals surface area (Å²) in [5.74, 6) is 1.07. The highest BCUT2D eigenvalue weighted by Crippen LogP contribution is 2.21. The number of unbranched alkanes of at least 4 members (excludes halogenated alkanes) is 14. The van der Waals surface area contributed by atoms with Crippen molar-refractivity contribution in [3.05, 3.63) is 42.2 Å². The highest BCUT2D eigenvalue weighted by molar-refractivity contribution is 5.75. The van der Waals surface area contributed by atoms with Gasteiger partial charge in [-0.1, -0.05) is 117 Å². The van der Waals surface area contributed by atoms with Crippen molar-refractivity contribution in [1.82, 2.24) is 9.97 Å². The van der Waals surface area contributed by atoms with Crippen LogP contribution in [0.3, 0.4) is 0 Å². The molecular weight excluding hydrogens is 456 g/mol. The number of esters is 1. The molecule has 2 aromatic rings. The summed E-state index contributed by atoms with van der Waals surface area (Å²) in [6.45, 7) is 6.43. The molecule has 37 heavy (non-hydrogen) atoms. The second-order valence-electron chi connectivity index (χ2n) is 10.7. The Morgan fingerprint density at radius 2 is 1.19 bits per heavy atom. The average molecular weight is 509 g/mol. The van der Waals surface area contributed by atoms with Crippen molar-refractivity contribution in [3.63, 3.8) is 0 Å². The Labute approximate surface area is 227 Å². The molecule has 1 aromatic heterocycles. The van der Waals surface area contributed by atoms with Gasteiger partial charge in [0.25, 0.3) is 0 Å². The smallest absolute Gasteiger partial charge is 0.314 e. The van der Waals surface area contributed by atoms with Crippen molar-refractivity contribution < 1.29 is 9.53 Å². The molecule has 0 fully saturated rings. The molecule has 0 radical (unpaired) electrons. The fourth-order valence-electron chi connectivity index (χ4n) is 4.69. The number of ether oxygens (including phenoxy) is 1. The molecule has 0 unspecified atom stereocenters. The summed E-state index contributed by atoms with van der Waals surface area (Å²) in [5, 5.41) is 0. The van der Waals surface area contributed by atoms with E-state index in [0.717, 1.165) is 24.8 Å². The van der Waals surface area contributed by atoms with Crippen LogP contribution in [0.25, 0.3) is 11.4 Å². The van der Waals surface area contributed by atoms with Crippen molar-refractivity contribution in [2.45, 2.75) is 136 Å². The van der Waals surface area contributed by atoms with Crippen molar-refractivity contribution in [3.8, 4) is 17.1 Å². The zero-order valence-corrected chi connectivity index (χ0v) is 24.0. The Balaban J connectivity index is 1.61. The summed E-state index contributed by atoms with van der Waals surface area (Å²) in [4.78, 5) is 21.5. The molecule has 1 atom stereocenters. The molecule has 4 nitrogen and oxygen atoms in total. The molecule has 2 rings (SSSR count). The van der Waals surface area contributed by atoms with E-state index in [4.69, 9.17) is 4.74 Å².